The van der Waals surface area contributed by atoms with Crippen molar-refractivity contribution in [2.45, 2.75) is 0 Å². The highest BCUT2D eigenvalue weighted by atomic mass is 32.2. The van der Waals surface area contributed by atoms with Gasteiger partial charge in [-0.1, -0.05) is 18.2 Å². The van der Waals surface area contributed by atoms with Crippen molar-refractivity contribution < 1.29 is 18.8 Å². The van der Waals surface area contributed by atoms with Crippen LogP contribution in [0.1, 0.15) is 11.1 Å². The number of nitrogens with two attached hydrogens (primary N) is 2. The fraction of sp³-hybridized carbons (Fsp3) is 0.150. The summed E-state index contributed by atoms with van der Waals surface area (Å²) in [5, 5.41) is 1.47. The van der Waals surface area contributed by atoms with Gasteiger partial charge >= 0.3 is 0 Å². The molecule has 1 atom stereocenters. The third-order valence-corrected chi connectivity index (χ3v) is 4.67. The molecule has 142 valence electrons. The van der Waals surface area contributed by atoms with Crippen LogP contribution in [0.15, 0.2) is 47.9 Å². The van der Waals surface area contributed by atoms with Crippen LogP contribution in [0.3, 0.4) is 0 Å². The highest BCUT2D eigenvalue weighted by molar-refractivity contribution is 7.95. The molecular formula is C20H22N2O4S. The molecule has 0 saturated carbocycles. The molecule has 0 amide bonds. The van der Waals surface area contributed by atoms with Gasteiger partial charge in [-0.2, -0.15) is 0 Å². The number of allylic oxidation sites excluding steroid dienone is 1. The Morgan fingerprint density at radius 1 is 1.00 bits per heavy atom. The van der Waals surface area contributed by atoms with Crippen LogP contribution >= 0.6 is 0 Å². The molecule has 0 bridgehead atoms. The van der Waals surface area contributed by atoms with E-state index in [4.69, 9.17) is 20.9 Å². The zero-order chi connectivity index (χ0) is 19.8. The van der Waals surface area contributed by atoms with Gasteiger partial charge in [0.05, 0.1) is 25.6 Å². The van der Waals surface area contributed by atoms with Gasteiger partial charge in [-0.05, 0) is 58.7 Å². The molecule has 0 aliphatic carbocycles. The van der Waals surface area contributed by atoms with Gasteiger partial charge < -0.3 is 25.5 Å². The van der Waals surface area contributed by atoms with E-state index in [1.165, 1.54) is 25.7 Å². The Hall–Kier alpha value is -2.90. The lowest BCUT2D eigenvalue weighted by Crippen LogP contribution is -2.11. The largest absolute Gasteiger partial charge is 0.612 e. The highest BCUT2D eigenvalue weighted by Crippen LogP contribution is 2.23. The Bertz CT molecular complexity index is 865. The molecule has 0 saturated heterocycles. The Morgan fingerprint density at radius 2 is 1.52 bits per heavy atom. The first kappa shape index (κ1) is 20.4. The van der Waals surface area contributed by atoms with E-state index < -0.39 is 11.2 Å². The van der Waals surface area contributed by atoms with Gasteiger partial charge in [-0.25, -0.2) is 0 Å². The molecule has 2 rings (SSSR count). The van der Waals surface area contributed by atoms with Crippen molar-refractivity contribution in [3.8, 4) is 11.5 Å². The summed E-state index contributed by atoms with van der Waals surface area (Å²) in [6.45, 7) is 0. The van der Waals surface area contributed by atoms with E-state index >= 15 is 0 Å². The molecule has 0 radical (unpaired) electrons. The summed E-state index contributed by atoms with van der Waals surface area (Å²) < 4.78 is 22.2. The van der Waals surface area contributed by atoms with E-state index in [0.717, 1.165) is 11.1 Å². The Labute approximate surface area is 161 Å². The summed E-state index contributed by atoms with van der Waals surface area (Å²) in [6.07, 6.45) is 4.68. The van der Waals surface area contributed by atoms with E-state index in [1.807, 2.05) is 0 Å². The number of carbonyl (C=O) groups is 1. The quantitative estimate of drug-likeness (QED) is 0.410. The number of rotatable bonds is 8. The first-order chi connectivity index (χ1) is 12.9. The van der Waals surface area contributed by atoms with Gasteiger partial charge in [-0.3, -0.25) is 4.79 Å². The van der Waals surface area contributed by atoms with Gasteiger partial charge in [0.25, 0.3) is 0 Å². The first-order valence-electron chi connectivity index (χ1n) is 8.06. The number of hydrogen-bond acceptors (Lipinski definition) is 6. The number of hydrogen-bond donors (Lipinski definition) is 2. The van der Waals surface area contributed by atoms with Crippen LogP contribution in [0.2, 0.25) is 0 Å². The minimum Gasteiger partial charge on any atom is -0.612 e. The van der Waals surface area contributed by atoms with Crippen molar-refractivity contribution >= 4 is 40.5 Å². The SMILES string of the molecule is COc1ccc(C=CC(=O)C[S+]([O-])C=Cc2ccc(OC)c(N)c2)cc1N. The summed E-state index contributed by atoms with van der Waals surface area (Å²) in [6, 6.07) is 10.4. The predicted molar refractivity (Wildman–Crippen MR) is 111 cm³/mol. The number of carbonyl (C=O) groups excluding carboxylic acids is 1. The van der Waals surface area contributed by atoms with E-state index in [2.05, 4.69) is 0 Å². The minimum atomic E-state index is -1.43. The molecule has 2 aromatic rings. The third kappa shape index (κ3) is 6.09. The normalized spacial score (nSPS) is 12.4. The van der Waals surface area contributed by atoms with Gasteiger partial charge in [0, 0.05) is 0 Å². The fourth-order valence-corrected chi connectivity index (χ4v) is 3.07. The van der Waals surface area contributed by atoms with Crippen molar-refractivity contribution in [3.05, 3.63) is 59.0 Å². The lowest BCUT2D eigenvalue weighted by Gasteiger charge is -2.06. The molecule has 2 aromatic carbocycles. The van der Waals surface area contributed by atoms with Crippen LogP contribution in [0.5, 0.6) is 11.5 Å². The van der Waals surface area contributed by atoms with Gasteiger partial charge in [-0.15, -0.1) is 0 Å². The van der Waals surface area contributed by atoms with Crippen molar-refractivity contribution in [2.24, 2.45) is 0 Å². The molecule has 1 unspecified atom stereocenters. The van der Waals surface area contributed by atoms with Crippen molar-refractivity contribution in [1.29, 1.82) is 0 Å². The Kier molecular flexibility index (Phi) is 7.34. The molecule has 0 aliphatic heterocycles. The standard InChI is InChI=1S/C20H22N2O4S/c1-25-19-7-4-14(11-17(19)21)3-6-16(23)13-27(24)10-9-15-5-8-20(26-2)18(22)12-15/h3-12H,13,21-22H2,1-2H3. The molecule has 0 fully saturated rings. The lowest BCUT2D eigenvalue weighted by atomic mass is 10.1. The molecule has 7 heteroatoms. The van der Waals surface area contributed by atoms with Crippen LogP contribution < -0.4 is 20.9 Å². The maximum absolute atomic E-state index is 12.1. The third-order valence-electron chi connectivity index (χ3n) is 3.67. The summed E-state index contributed by atoms with van der Waals surface area (Å²) in [4.78, 5) is 12.0. The Morgan fingerprint density at radius 3 is 2.00 bits per heavy atom. The average molecular weight is 386 g/mol. The van der Waals surface area contributed by atoms with E-state index in [-0.39, 0.29) is 11.5 Å². The fourth-order valence-electron chi connectivity index (χ4n) is 2.29. The first-order valence-corrected chi connectivity index (χ1v) is 9.44. The number of ketones is 1. The molecule has 4 N–H and O–H groups in total. The van der Waals surface area contributed by atoms with Crippen LogP contribution in [0.25, 0.3) is 12.2 Å². The monoisotopic (exact) mass is 386 g/mol. The van der Waals surface area contributed by atoms with Gasteiger partial charge in [0.1, 0.15) is 16.9 Å². The average Bonchev–Trinajstić information content (AvgIpc) is 2.65. The second-order valence-corrected chi connectivity index (χ2v) is 6.95. The highest BCUT2D eigenvalue weighted by Gasteiger charge is 2.08. The van der Waals surface area contributed by atoms with Crippen LogP contribution in [0, 0.1) is 0 Å². The number of nitrogen functional groups attached to an aromatic ring is 2. The van der Waals surface area contributed by atoms with Gasteiger partial charge in [0.15, 0.2) is 5.75 Å². The van der Waals surface area contributed by atoms with Crippen molar-refractivity contribution in [1.82, 2.24) is 0 Å². The molecule has 27 heavy (non-hydrogen) atoms. The van der Waals surface area contributed by atoms with E-state index in [0.29, 0.717) is 22.9 Å². The molecule has 0 aliphatic rings. The Balaban J connectivity index is 1.93. The number of benzene rings is 2. The number of methoxy groups -OCH3 is 2. The van der Waals surface area contributed by atoms with Crippen molar-refractivity contribution in [2.75, 3.05) is 31.4 Å². The number of anilines is 2. The molecule has 0 aromatic heterocycles. The maximum atomic E-state index is 12.1. The van der Waals surface area contributed by atoms with Crippen molar-refractivity contribution in [3.63, 3.8) is 0 Å². The second kappa shape index (κ2) is 9.70. The van der Waals surface area contributed by atoms with Crippen LogP contribution in [0.4, 0.5) is 11.4 Å². The zero-order valence-corrected chi connectivity index (χ0v) is 16.0. The molecule has 0 spiro atoms. The zero-order valence-electron chi connectivity index (χ0n) is 15.2. The lowest BCUT2D eigenvalue weighted by molar-refractivity contribution is -0.112. The summed E-state index contributed by atoms with van der Waals surface area (Å²) in [7, 11) is 3.07. The molecule has 6 nitrogen and oxygen atoms in total. The molecular weight excluding hydrogens is 364 g/mol. The number of ether oxygens (including phenoxy) is 2. The predicted octanol–water partition coefficient (Wildman–Crippen LogP) is 2.87. The topological polar surface area (TPSA) is 111 Å². The van der Waals surface area contributed by atoms with Crippen LogP contribution in [-0.2, 0) is 16.0 Å². The van der Waals surface area contributed by atoms with Crippen LogP contribution in [-0.4, -0.2) is 30.3 Å². The summed E-state index contributed by atoms with van der Waals surface area (Å²) >= 11 is -1.43. The second-order valence-electron chi connectivity index (χ2n) is 5.63. The smallest absolute Gasteiger partial charge is 0.205 e. The van der Waals surface area contributed by atoms with E-state index in [1.54, 1.807) is 48.6 Å². The summed E-state index contributed by atoms with van der Waals surface area (Å²) in [5.41, 5.74) is 14.2. The molecule has 0 heterocycles. The minimum absolute atomic E-state index is 0.107. The summed E-state index contributed by atoms with van der Waals surface area (Å²) in [5.74, 6) is 0.794. The maximum Gasteiger partial charge on any atom is 0.205 e. The van der Waals surface area contributed by atoms with E-state index in [9.17, 15) is 9.35 Å². The van der Waals surface area contributed by atoms with Gasteiger partial charge in [0.2, 0.25) is 5.78 Å².